The maximum Gasteiger partial charge on any atom is 0.339 e. The Bertz CT molecular complexity index is 1360. The molecular weight excluding hydrogens is 460 g/mol. The number of pyridine rings is 1. The second-order valence-electron chi connectivity index (χ2n) is 8.50. The van der Waals surface area contributed by atoms with Crippen molar-refractivity contribution < 1.29 is 13.9 Å². The summed E-state index contributed by atoms with van der Waals surface area (Å²) < 4.78 is 12.8. The summed E-state index contributed by atoms with van der Waals surface area (Å²) in [5.41, 5.74) is 5.31. The molecule has 0 amide bonds. The number of ether oxygens (including phenoxy) is 1. The van der Waals surface area contributed by atoms with Crippen molar-refractivity contribution in [3.05, 3.63) is 107 Å². The number of methoxy groups -OCH3 is 1. The Kier molecular flexibility index (Phi) is 6.13. The van der Waals surface area contributed by atoms with Crippen LogP contribution in [0.4, 0.5) is 0 Å². The van der Waals surface area contributed by atoms with Gasteiger partial charge in [0.2, 0.25) is 0 Å². The highest BCUT2D eigenvalue weighted by Crippen LogP contribution is 2.42. The third-order valence-electron chi connectivity index (χ3n) is 6.44. The lowest BCUT2D eigenvalue weighted by Gasteiger charge is -2.27. The Morgan fingerprint density at radius 3 is 2.66 bits per heavy atom. The van der Waals surface area contributed by atoms with E-state index in [4.69, 9.17) is 21.4 Å². The summed E-state index contributed by atoms with van der Waals surface area (Å²) >= 11 is 5.79. The van der Waals surface area contributed by atoms with E-state index < -0.39 is 0 Å². The lowest BCUT2D eigenvalue weighted by atomic mass is 9.96. The number of nitrogens with one attached hydrogen (secondary N) is 1. The second kappa shape index (κ2) is 9.38. The maximum atomic E-state index is 12.5. The smallest absolute Gasteiger partial charge is 0.339 e. The van der Waals surface area contributed by atoms with Gasteiger partial charge in [0.05, 0.1) is 48.9 Å². The zero-order valence-corrected chi connectivity index (χ0v) is 20.6. The van der Waals surface area contributed by atoms with Crippen LogP contribution in [0.25, 0.3) is 5.69 Å². The Morgan fingerprint density at radius 1 is 1.14 bits per heavy atom. The fourth-order valence-corrected chi connectivity index (χ4v) is 5.20. The van der Waals surface area contributed by atoms with Gasteiger partial charge in [-0.25, -0.2) is 4.79 Å². The molecule has 4 heterocycles. The Balaban J connectivity index is 1.64. The second-order valence-corrected chi connectivity index (χ2v) is 8.89. The minimum atomic E-state index is -0.371. The summed E-state index contributed by atoms with van der Waals surface area (Å²) in [5.74, 6) is 0.454. The number of hydrogen-bond acceptors (Lipinski definition) is 5. The average molecular weight is 487 g/mol. The van der Waals surface area contributed by atoms with Crippen LogP contribution in [0.2, 0.25) is 0 Å². The summed E-state index contributed by atoms with van der Waals surface area (Å²) in [5, 5.41) is 4.13. The monoisotopic (exact) mass is 486 g/mol. The highest BCUT2D eigenvalue weighted by molar-refractivity contribution is 7.80. The van der Waals surface area contributed by atoms with E-state index in [1.54, 1.807) is 18.5 Å². The van der Waals surface area contributed by atoms with Crippen LogP contribution in [0.15, 0.2) is 77.5 Å². The molecular formula is C27H26N4O3S. The predicted molar refractivity (Wildman–Crippen MR) is 136 cm³/mol. The van der Waals surface area contributed by atoms with Gasteiger partial charge in [0.15, 0.2) is 5.11 Å². The summed E-state index contributed by atoms with van der Waals surface area (Å²) in [6.07, 6.45) is 3.46. The molecule has 3 aromatic heterocycles. The van der Waals surface area contributed by atoms with Crippen LogP contribution in [0.1, 0.15) is 50.8 Å². The van der Waals surface area contributed by atoms with Crippen LogP contribution < -0.4 is 5.32 Å². The van der Waals surface area contributed by atoms with Crippen molar-refractivity contribution in [2.75, 3.05) is 7.11 Å². The SMILES string of the molecule is COC(=O)c1ccccc1-n1c(C)cc([C@H]2[C@H](c3ccccn3)NC(=S)N2Cc2ccco2)c1C. The van der Waals surface area contributed by atoms with Gasteiger partial charge in [-0.1, -0.05) is 18.2 Å². The molecule has 4 aromatic rings. The quantitative estimate of drug-likeness (QED) is 0.302. The summed E-state index contributed by atoms with van der Waals surface area (Å²) in [6.45, 7) is 4.63. The number of hydrogen-bond donors (Lipinski definition) is 1. The normalized spacial score (nSPS) is 17.5. The van der Waals surface area contributed by atoms with E-state index in [9.17, 15) is 4.79 Å². The third kappa shape index (κ3) is 4.10. The molecule has 0 unspecified atom stereocenters. The molecule has 0 saturated carbocycles. The molecule has 5 rings (SSSR count). The van der Waals surface area contributed by atoms with Crippen LogP contribution in [0, 0.1) is 13.8 Å². The van der Waals surface area contributed by atoms with E-state index >= 15 is 0 Å². The zero-order valence-electron chi connectivity index (χ0n) is 19.8. The van der Waals surface area contributed by atoms with Gasteiger partial charge >= 0.3 is 5.97 Å². The van der Waals surface area contributed by atoms with Crippen LogP contribution >= 0.6 is 12.2 Å². The summed E-state index contributed by atoms with van der Waals surface area (Å²) in [6, 6.07) is 19.1. The van der Waals surface area contributed by atoms with Crippen LogP contribution in [-0.2, 0) is 11.3 Å². The highest BCUT2D eigenvalue weighted by Gasteiger charge is 2.41. The van der Waals surface area contributed by atoms with Crippen molar-refractivity contribution in [1.29, 1.82) is 0 Å². The van der Waals surface area contributed by atoms with Gasteiger partial charge in [0, 0.05) is 17.6 Å². The fourth-order valence-electron chi connectivity index (χ4n) is 4.89. The molecule has 1 aliphatic rings. The predicted octanol–water partition coefficient (Wildman–Crippen LogP) is 5.04. The van der Waals surface area contributed by atoms with Gasteiger partial charge in [-0.05, 0) is 74.1 Å². The van der Waals surface area contributed by atoms with Crippen molar-refractivity contribution in [2.45, 2.75) is 32.5 Å². The largest absolute Gasteiger partial charge is 0.467 e. The molecule has 1 fully saturated rings. The molecule has 0 spiro atoms. The number of thiocarbonyl (C=S) groups is 1. The molecule has 8 heteroatoms. The molecule has 1 aromatic carbocycles. The lowest BCUT2D eigenvalue weighted by Crippen LogP contribution is -2.29. The minimum Gasteiger partial charge on any atom is -0.467 e. The molecule has 0 aliphatic carbocycles. The maximum absolute atomic E-state index is 12.5. The molecule has 1 saturated heterocycles. The van der Waals surface area contributed by atoms with Crippen molar-refractivity contribution in [2.24, 2.45) is 0 Å². The van der Waals surface area contributed by atoms with Gasteiger partial charge < -0.3 is 23.9 Å². The lowest BCUT2D eigenvalue weighted by molar-refractivity contribution is 0.0600. The Labute approximate surface area is 209 Å². The number of para-hydroxylation sites is 1. The number of nitrogens with zero attached hydrogens (tertiary/aromatic N) is 3. The van der Waals surface area contributed by atoms with Crippen molar-refractivity contribution >= 4 is 23.3 Å². The van der Waals surface area contributed by atoms with Crippen molar-refractivity contribution in [3.8, 4) is 5.69 Å². The van der Waals surface area contributed by atoms with Gasteiger partial charge in [0.25, 0.3) is 0 Å². The Hall–Kier alpha value is -3.91. The first-order valence-electron chi connectivity index (χ1n) is 11.4. The molecule has 35 heavy (non-hydrogen) atoms. The minimum absolute atomic E-state index is 0.132. The first kappa shape index (κ1) is 22.9. The van der Waals surface area contributed by atoms with Gasteiger partial charge in [0.1, 0.15) is 5.76 Å². The first-order chi connectivity index (χ1) is 17.0. The Morgan fingerprint density at radius 2 is 1.94 bits per heavy atom. The van der Waals surface area contributed by atoms with Crippen molar-refractivity contribution in [3.63, 3.8) is 0 Å². The topological polar surface area (TPSA) is 72.5 Å². The average Bonchev–Trinajstić information content (AvgIpc) is 3.58. The first-order valence-corrected chi connectivity index (χ1v) is 11.8. The van der Waals surface area contributed by atoms with E-state index in [1.165, 1.54) is 7.11 Å². The third-order valence-corrected chi connectivity index (χ3v) is 6.80. The number of esters is 1. The summed E-state index contributed by atoms with van der Waals surface area (Å²) in [7, 11) is 1.40. The highest BCUT2D eigenvalue weighted by atomic mass is 32.1. The van der Waals surface area contributed by atoms with Crippen LogP contribution in [0.5, 0.6) is 0 Å². The van der Waals surface area contributed by atoms with E-state index in [1.807, 2.05) is 55.5 Å². The number of carbonyl (C=O) groups is 1. The molecule has 2 atom stereocenters. The zero-order chi connectivity index (χ0) is 24.5. The van der Waals surface area contributed by atoms with Crippen LogP contribution in [-0.4, -0.2) is 32.6 Å². The molecule has 1 aliphatic heterocycles. The summed E-state index contributed by atoms with van der Waals surface area (Å²) in [4.78, 5) is 19.3. The van der Waals surface area contributed by atoms with Crippen LogP contribution in [0.3, 0.4) is 0 Å². The number of rotatable bonds is 6. The molecule has 0 radical (unpaired) electrons. The van der Waals surface area contributed by atoms with Crippen molar-refractivity contribution in [1.82, 2.24) is 19.8 Å². The number of aryl methyl sites for hydroxylation is 1. The van der Waals surface area contributed by atoms with Gasteiger partial charge in [-0.15, -0.1) is 0 Å². The standard InChI is InChI=1S/C27H26N4O3S/c1-17-15-21(18(2)31(17)23-12-5-4-10-20(23)26(32)33-3)25-24(22-11-6-7-13-28-22)29-27(35)30(25)16-19-9-8-14-34-19/h4-15,24-25H,16H2,1-3H3,(H,29,35)/t24-,25-/m0/s1. The fraction of sp³-hybridized carbons (Fsp3) is 0.222. The van der Waals surface area contributed by atoms with E-state index in [0.717, 1.165) is 34.1 Å². The van der Waals surface area contributed by atoms with E-state index in [2.05, 4.69) is 32.8 Å². The molecule has 178 valence electrons. The molecule has 1 N–H and O–H groups in total. The number of carbonyl (C=O) groups excluding carboxylic acids is 1. The van der Waals surface area contributed by atoms with Gasteiger partial charge in [-0.3, -0.25) is 4.98 Å². The number of furan rings is 1. The molecule has 0 bridgehead atoms. The van der Waals surface area contributed by atoms with E-state index in [0.29, 0.717) is 17.2 Å². The van der Waals surface area contributed by atoms with Gasteiger partial charge in [-0.2, -0.15) is 0 Å². The molecule has 7 nitrogen and oxygen atoms in total. The number of aromatic nitrogens is 2. The van der Waals surface area contributed by atoms with E-state index in [-0.39, 0.29) is 18.1 Å². The number of benzene rings is 1.